The van der Waals surface area contributed by atoms with E-state index in [2.05, 4.69) is 21.2 Å². The topological polar surface area (TPSA) is 30.5 Å². The number of hydrogen-bond donors (Lipinski definition) is 1. The Morgan fingerprint density at radius 3 is 2.40 bits per heavy atom. The Morgan fingerprint density at radius 2 is 1.75 bits per heavy atom. The number of ether oxygens (including phenoxy) is 2. The van der Waals surface area contributed by atoms with E-state index in [1.807, 2.05) is 42.5 Å². The van der Waals surface area contributed by atoms with Gasteiger partial charge in [0.15, 0.2) is 11.5 Å². The van der Waals surface area contributed by atoms with Crippen molar-refractivity contribution in [1.82, 2.24) is 0 Å². The Bertz CT molecular complexity index is 631. The molecule has 2 aromatic rings. The second-order valence-electron chi connectivity index (χ2n) is 4.00. The van der Waals surface area contributed by atoms with Crippen molar-refractivity contribution in [3.8, 4) is 11.5 Å². The van der Waals surface area contributed by atoms with Gasteiger partial charge in [-0.25, -0.2) is 0 Å². The van der Waals surface area contributed by atoms with Crippen LogP contribution in [0.25, 0.3) is 0 Å². The van der Waals surface area contributed by atoms with Crippen molar-refractivity contribution >= 4 is 38.8 Å². The van der Waals surface area contributed by atoms with Crippen LogP contribution < -0.4 is 14.8 Å². The van der Waals surface area contributed by atoms with Crippen LogP contribution in [-0.2, 0) is 0 Å². The van der Waals surface area contributed by atoms with Gasteiger partial charge in [-0.05, 0) is 46.3 Å². The largest absolute Gasteiger partial charge is 0.493 e. The summed E-state index contributed by atoms with van der Waals surface area (Å²) in [5.41, 5.74) is 1.79. The van der Waals surface area contributed by atoms with Gasteiger partial charge in [0.05, 0.1) is 19.9 Å². The van der Waals surface area contributed by atoms with E-state index in [0.717, 1.165) is 15.7 Å². The highest BCUT2D eigenvalue weighted by atomic mass is 79.9. The fourth-order valence-corrected chi connectivity index (χ4v) is 2.36. The van der Waals surface area contributed by atoms with Crippen molar-refractivity contribution in [1.29, 1.82) is 0 Å². The zero-order valence-corrected chi connectivity index (χ0v) is 13.5. The number of nitrogens with one attached hydrogen (secondary N) is 1. The first-order chi connectivity index (χ1) is 9.65. The van der Waals surface area contributed by atoms with E-state index in [-0.39, 0.29) is 0 Å². The maximum atomic E-state index is 5.42. The van der Waals surface area contributed by atoms with Crippen LogP contribution in [0.15, 0.2) is 46.9 Å². The minimum Gasteiger partial charge on any atom is -0.493 e. The average molecular weight is 352 g/mol. The van der Waals surface area contributed by atoms with Gasteiger partial charge in [-0.2, -0.15) is 0 Å². The Kier molecular flexibility index (Phi) is 4.98. The van der Waals surface area contributed by atoms with Crippen LogP contribution in [0.1, 0.15) is 5.56 Å². The molecule has 0 atom stereocenters. The standard InChI is InChI=1S/C15H14BrNO2S/c1-18-13-8-7-10(9-14(13)19-2)15(20)17-12-6-4-3-5-11(12)16/h3-9H,1-2H3,(H,17,20). The Balaban J connectivity index is 2.24. The van der Waals surface area contributed by atoms with Gasteiger partial charge < -0.3 is 14.8 Å². The molecule has 5 heteroatoms. The van der Waals surface area contributed by atoms with Crippen molar-refractivity contribution in [2.24, 2.45) is 0 Å². The maximum Gasteiger partial charge on any atom is 0.161 e. The number of benzene rings is 2. The van der Waals surface area contributed by atoms with E-state index in [0.29, 0.717) is 16.5 Å². The molecule has 0 bridgehead atoms. The summed E-state index contributed by atoms with van der Waals surface area (Å²) in [6.07, 6.45) is 0. The fourth-order valence-electron chi connectivity index (χ4n) is 1.73. The second kappa shape index (κ2) is 6.72. The van der Waals surface area contributed by atoms with Crippen LogP contribution in [-0.4, -0.2) is 19.2 Å². The highest BCUT2D eigenvalue weighted by Gasteiger charge is 2.09. The molecule has 2 rings (SSSR count). The third kappa shape index (κ3) is 3.29. The molecule has 0 fully saturated rings. The summed E-state index contributed by atoms with van der Waals surface area (Å²) in [5, 5.41) is 3.20. The summed E-state index contributed by atoms with van der Waals surface area (Å²) in [6, 6.07) is 13.4. The zero-order valence-electron chi connectivity index (χ0n) is 11.1. The molecule has 0 amide bonds. The normalized spacial score (nSPS) is 9.95. The van der Waals surface area contributed by atoms with Gasteiger partial charge >= 0.3 is 0 Å². The summed E-state index contributed by atoms with van der Waals surface area (Å²) >= 11 is 8.90. The highest BCUT2D eigenvalue weighted by molar-refractivity contribution is 9.10. The first-order valence-corrected chi connectivity index (χ1v) is 7.13. The number of para-hydroxylation sites is 1. The monoisotopic (exact) mass is 351 g/mol. The molecule has 0 heterocycles. The van der Waals surface area contributed by atoms with Crippen LogP contribution in [0.3, 0.4) is 0 Å². The molecule has 104 valence electrons. The van der Waals surface area contributed by atoms with Crippen molar-refractivity contribution in [2.45, 2.75) is 0 Å². The molecule has 20 heavy (non-hydrogen) atoms. The predicted molar refractivity (Wildman–Crippen MR) is 89.0 cm³/mol. The molecular formula is C15H14BrNO2S. The van der Waals surface area contributed by atoms with Crippen molar-refractivity contribution in [2.75, 3.05) is 19.5 Å². The number of anilines is 1. The molecule has 3 nitrogen and oxygen atoms in total. The predicted octanol–water partition coefficient (Wildman–Crippen LogP) is 4.25. The lowest BCUT2D eigenvalue weighted by molar-refractivity contribution is 0.355. The minimum absolute atomic E-state index is 0.623. The van der Waals surface area contributed by atoms with Gasteiger partial charge in [-0.15, -0.1) is 0 Å². The van der Waals surface area contributed by atoms with Gasteiger partial charge in [0.25, 0.3) is 0 Å². The first-order valence-electron chi connectivity index (χ1n) is 5.93. The van der Waals surface area contributed by atoms with Crippen LogP contribution >= 0.6 is 28.1 Å². The Morgan fingerprint density at radius 1 is 1.05 bits per heavy atom. The summed E-state index contributed by atoms with van der Waals surface area (Å²) in [6.45, 7) is 0. The van der Waals surface area contributed by atoms with E-state index in [9.17, 15) is 0 Å². The van der Waals surface area contributed by atoms with E-state index < -0.39 is 0 Å². The van der Waals surface area contributed by atoms with E-state index in [4.69, 9.17) is 21.7 Å². The molecular weight excluding hydrogens is 338 g/mol. The van der Waals surface area contributed by atoms with Gasteiger partial charge in [-0.1, -0.05) is 24.4 Å². The van der Waals surface area contributed by atoms with Crippen LogP contribution in [0.5, 0.6) is 11.5 Å². The van der Waals surface area contributed by atoms with E-state index in [1.54, 1.807) is 14.2 Å². The number of thiocarbonyl (C=S) groups is 1. The SMILES string of the molecule is COc1ccc(C(=S)Nc2ccccc2Br)cc1OC. The molecule has 1 N–H and O–H groups in total. The quantitative estimate of drug-likeness (QED) is 0.834. The van der Waals surface area contributed by atoms with E-state index >= 15 is 0 Å². The molecule has 0 aliphatic carbocycles. The lowest BCUT2D eigenvalue weighted by atomic mass is 10.2. The Labute approximate surface area is 132 Å². The van der Waals surface area contributed by atoms with Crippen LogP contribution in [0.4, 0.5) is 5.69 Å². The second-order valence-corrected chi connectivity index (χ2v) is 5.27. The number of rotatable bonds is 4. The number of hydrogen-bond acceptors (Lipinski definition) is 3. The number of halogens is 1. The van der Waals surface area contributed by atoms with Crippen molar-refractivity contribution in [3.63, 3.8) is 0 Å². The summed E-state index contributed by atoms with van der Waals surface area (Å²) in [5.74, 6) is 1.33. The molecule has 0 saturated carbocycles. The van der Waals surface area contributed by atoms with Crippen LogP contribution in [0, 0.1) is 0 Å². The lowest BCUT2D eigenvalue weighted by Crippen LogP contribution is -2.11. The van der Waals surface area contributed by atoms with Gasteiger partial charge in [0, 0.05) is 10.0 Å². The lowest BCUT2D eigenvalue weighted by Gasteiger charge is -2.12. The Hall–Kier alpha value is -1.59. The highest BCUT2D eigenvalue weighted by Crippen LogP contribution is 2.28. The third-order valence-corrected chi connectivity index (χ3v) is 3.80. The van der Waals surface area contributed by atoms with Gasteiger partial charge in [0.2, 0.25) is 0 Å². The van der Waals surface area contributed by atoms with Crippen LogP contribution in [0.2, 0.25) is 0 Å². The van der Waals surface area contributed by atoms with Gasteiger partial charge in [0.1, 0.15) is 4.99 Å². The molecule has 2 aromatic carbocycles. The number of methoxy groups -OCH3 is 2. The molecule has 0 radical (unpaired) electrons. The van der Waals surface area contributed by atoms with Crippen molar-refractivity contribution < 1.29 is 9.47 Å². The maximum absolute atomic E-state index is 5.42. The summed E-state index contributed by atoms with van der Waals surface area (Å²) in [4.78, 5) is 0.623. The summed E-state index contributed by atoms with van der Waals surface area (Å²) in [7, 11) is 3.21. The third-order valence-electron chi connectivity index (χ3n) is 2.77. The molecule has 0 aliphatic rings. The fraction of sp³-hybridized carbons (Fsp3) is 0.133. The molecule has 0 unspecified atom stereocenters. The van der Waals surface area contributed by atoms with E-state index in [1.165, 1.54) is 0 Å². The first kappa shape index (κ1) is 14.8. The minimum atomic E-state index is 0.623. The molecule has 0 spiro atoms. The zero-order chi connectivity index (χ0) is 14.5. The van der Waals surface area contributed by atoms with Crippen molar-refractivity contribution in [3.05, 3.63) is 52.5 Å². The molecule has 0 saturated heterocycles. The molecule has 0 aliphatic heterocycles. The summed E-state index contributed by atoms with van der Waals surface area (Å²) < 4.78 is 11.5. The van der Waals surface area contributed by atoms with Gasteiger partial charge in [-0.3, -0.25) is 0 Å². The molecule has 0 aromatic heterocycles. The average Bonchev–Trinajstić information content (AvgIpc) is 2.48. The smallest absolute Gasteiger partial charge is 0.161 e.